The number of hydrogen-bond donors (Lipinski definition) is 1. The van der Waals surface area contributed by atoms with E-state index in [1.807, 2.05) is 25.3 Å². The molecule has 2 aromatic rings. The zero-order valence-electron chi connectivity index (χ0n) is 24.9. The van der Waals surface area contributed by atoms with E-state index in [0.29, 0.717) is 25.0 Å². The molecule has 0 bridgehead atoms. The van der Waals surface area contributed by atoms with Crippen LogP contribution >= 0.6 is 0 Å². The fourth-order valence-electron chi connectivity index (χ4n) is 5.25. The summed E-state index contributed by atoms with van der Waals surface area (Å²) in [4.78, 5) is 8.91. The Hall–Kier alpha value is -2.95. The van der Waals surface area contributed by atoms with Crippen molar-refractivity contribution in [3.05, 3.63) is 58.7 Å². The number of unbranched alkanes of at least 4 members (excludes halogenated alkanes) is 1. The van der Waals surface area contributed by atoms with Crippen molar-refractivity contribution >= 4 is 12.0 Å². The molecular formula is C31H41F6N3O2. The summed E-state index contributed by atoms with van der Waals surface area (Å²) in [5, 5.41) is 10.0. The molecule has 11 heteroatoms. The molecule has 2 aromatic carbocycles. The molecule has 1 aliphatic heterocycles. The Morgan fingerprint density at radius 2 is 1.48 bits per heavy atom. The summed E-state index contributed by atoms with van der Waals surface area (Å²) >= 11 is 0. The molecule has 0 fully saturated rings. The van der Waals surface area contributed by atoms with E-state index in [1.54, 1.807) is 13.8 Å². The second-order valence-electron chi connectivity index (χ2n) is 11.3. The minimum atomic E-state index is -5.94. The van der Waals surface area contributed by atoms with Crippen molar-refractivity contribution in [2.45, 2.75) is 82.8 Å². The standard InChI is InChI=1S/C31H41F6N3O2/c1-6-10-22-18-25(29(41,30(32,33)34)31(35,36)37)19-23(11-7-2)27(22)42-17-9-8-16-40-20-28(3,38-21-40)24-12-14-26(15-13-24)39(4)5/h12-15,18-19,21,41H,6-11,16-17,20H2,1-5H3. The first kappa shape index (κ1) is 33.6. The number of hydrogen-bond acceptors (Lipinski definition) is 5. The summed E-state index contributed by atoms with van der Waals surface area (Å²) < 4.78 is 87.7. The highest BCUT2D eigenvalue weighted by Gasteiger charge is 2.71. The van der Waals surface area contributed by atoms with Gasteiger partial charge in [-0.15, -0.1) is 0 Å². The SMILES string of the molecule is CCCc1cc(C(O)(C(F)(F)F)C(F)(F)F)cc(CCC)c1OCCCCN1C=NC(C)(c2ccc(N(C)C)cc2)C1. The molecule has 0 saturated heterocycles. The number of halogens is 6. The Labute approximate surface area is 244 Å². The van der Waals surface area contributed by atoms with Crippen LogP contribution in [0.2, 0.25) is 0 Å². The van der Waals surface area contributed by atoms with Crippen molar-refractivity contribution in [2.75, 3.05) is 38.7 Å². The van der Waals surface area contributed by atoms with E-state index in [9.17, 15) is 31.4 Å². The highest BCUT2D eigenvalue weighted by atomic mass is 19.4. The Kier molecular flexibility index (Phi) is 10.5. The van der Waals surface area contributed by atoms with Gasteiger partial charge in [-0.3, -0.25) is 4.99 Å². The molecule has 0 radical (unpaired) electrons. The van der Waals surface area contributed by atoms with Crippen LogP contribution in [0.4, 0.5) is 32.0 Å². The van der Waals surface area contributed by atoms with Crippen molar-refractivity contribution < 1.29 is 36.2 Å². The van der Waals surface area contributed by atoms with E-state index in [0.717, 1.165) is 42.9 Å². The van der Waals surface area contributed by atoms with Gasteiger partial charge in [-0.1, -0.05) is 38.8 Å². The number of aliphatic imine (C=N–C) groups is 1. The Bertz CT molecular complexity index is 1170. The van der Waals surface area contributed by atoms with Crippen LogP contribution in [-0.2, 0) is 24.0 Å². The van der Waals surface area contributed by atoms with Crippen LogP contribution in [0.25, 0.3) is 0 Å². The van der Waals surface area contributed by atoms with Crippen LogP contribution in [0.15, 0.2) is 41.4 Å². The summed E-state index contributed by atoms with van der Waals surface area (Å²) in [5.41, 5.74) is -3.87. The molecule has 0 aliphatic carbocycles. The van der Waals surface area contributed by atoms with Crippen LogP contribution < -0.4 is 9.64 Å². The molecule has 1 aliphatic rings. The van der Waals surface area contributed by atoms with Crippen LogP contribution in [0.5, 0.6) is 5.75 Å². The number of anilines is 1. The average Bonchev–Trinajstić information content (AvgIpc) is 3.30. The number of aryl methyl sites for hydroxylation is 2. The Morgan fingerprint density at radius 1 is 0.929 bits per heavy atom. The van der Waals surface area contributed by atoms with Gasteiger partial charge in [0.1, 0.15) is 11.3 Å². The predicted molar refractivity (Wildman–Crippen MR) is 153 cm³/mol. The molecule has 234 valence electrons. The molecule has 1 unspecified atom stereocenters. The largest absolute Gasteiger partial charge is 0.493 e. The van der Waals surface area contributed by atoms with Crippen molar-refractivity contribution in [1.82, 2.24) is 4.90 Å². The van der Waals surface area contributed by atoms with Gasteiger partial charge in [0.05, 0.1) is 12.9 Å². The van der Waals surface area contributed by atoms with Gasteiger partial charge < -0.3 is 19.6 Å². The Morgan fingerprint density at radius 3 is 1.95 bits per heavy atom. The summed E-state index contributed by atoms with van der Waals surface area (Å²) in [5.74, 6) is 0.311. The highest BCUT2D eigenvalue weighted by Crippen LogP contribution is 2.51. The van der Waals surface area contributed by atoms with Crippen molar-refractivity contribution in [2.24, 2.45) is 4.99 Å². The minimum absolute atomic E-state index is 0.212. The molecule has 0 aromatic heterocycles. The van der Waals surface area contributed by atoms with Gasteiger partial charge in [-0.25, -0.2) is 0 Å². The quantitative estimate of drug-likeness (QED) is 0.192. The van der Waals surface area contributed by atoms with E-state index in [4.69, 9.17) is 9.73 Å². The minimum Gasteiger partial charge on any atom is -0.493 e. The Balaban J connectivity index is 1.68. The first-order chi connectivity index (χ1) is 19.6. The van der Waals surface area contributed by atoms with Gasteiger partial charge in [-0.05, 0) is 73.6 Å². The molecule has 1 atom stereocenters. The second kappa shape index (κ2) is 13.1. The zero-order valence-corrected chi connectivity index (χ0v) is 24.9. The third kappa shape index (κ3) is 7.15. The maximum atomic E-state index is 13.6. The van der Waals surface area contributed by atoms with Crippen LogP contribution in [-0.4, -0.2) is 62.5 Å². The molecule has 5 nitrogen and oxygen atoms in total. The number of benzene rings is 2. The molecule has 0 saturated carbocycles. The van der Waals surface area contributed by atoms with Crippen LogP contribution in [0.3, 0.4) is 0 Å². The molecule has 1 N–H and O–H groups in total. The van der Waals surface area contributed by atoms with Crippen molar-refractivity contribution in [3.63, 3.8) is 0 Å². The lowest BCUT2D eigenvalue weighted by molar-refractivity contribution is -0.376. The summed E-state index contributed by atoms with van der Waals surface area (Å²) in [6.07, 6.45) is -7.26. The van der Waals surface area contributed by atoms with Gasteiger partial charge >= 0.3 is 12.4 Å². The lowest BCUT2D eigenvalue weighted by Crippen LogP contribution is -2.54. The normalized spacial score (nSPS) is 17.7. The second-order valence-corrected chi connectivity index (χ2v) is 11.3. The zero-order chi connectivity index (χ0) is 31.3. The van der Waals surface area contributed by atoms with Crippen molar-refractivity contribution in [3.8, 4) is 5.75 Å². The highest BCUT2D eigenvalue weighted by molar-refractivity contribution is 5.60. The summed E-state index contributed by atoms with van der Waals surface area (Å²) in [6, 6.07) is 9.89. The number of ether oxygens (including phenoxy) is 1. The number of alkyl halides is 6. The average molecular weight is 602 g/mol. The first-order valence-electron chi connectivity index (χ1n) is 14.3. The first-order valence-corrected chi connectivity index (χ1v) is 14.3. The summed E-state index contributed by atoms with van der Waals surface area (Å²) in [6.45, 7) is 7.34. The van der Waals surface area contributed by atoms with E-state index < -0.39 is 23.5 Å². The fraction of sp³-hybridized carbons (Fsp3) is 0.581. The van der Waals surface area contributed by atoms with Crippen LogP contribution in [0.1, 0.15) is 68.7 Å². The molecular weight excluding hydrogens is 560 g/mol. The predicted octanol–water partition coefficient (Wildman–Crippen LogP) is 7.39. The molecule has 0 spiro atoms. The van der Waals surface area contributed by atoms with E-state index in [-0.39, 0.29) is 36.1 Å². The lowest BCUT2D eigenvalue weighted by atomic mass is 9.87. The van der Waals surface area contributed by atoms with Gasteiger partial charge in [0, 0.05) is 38.4 Å². The molecule has 0 amide bonds. The molecule has 3 rings (SSSR count). The maximum absolute atomic E-state index is 13.6. The van der Waals surface area contributed by atoms with Gasteiger partial charge in [0.2, 0.25) is 0 Å². The number of aliphatic hydroxyl groups is 1. The lowest BCUT2D eigenvalue weighted by Gasteiger charge is -2.33. The third-order valence-corrected chi connectivity index (χ3v) is 7.63. The maximum Gasteiger partial charge on any atom is 0.430 e. The van der Waals surface area contributed by atoms with Crippen molar-refractivity contribution in [1.29, 1.82) is 0 Å². The monoisotopic (exact) mass is 601 g/mol. The number of rotatable bonds is 13. The van der Waals surface area contributed by atoms with E-state index >= 15 is 0 Å². The topological polar surface area (TPSA) is 48.3 Å². The van der Waals surface area contributed by atoms with E-state index in [1.165, 1.54) is 0 Å². The smallest absolute Gasteiger partial charge is 0.430 e. The molecule has 42 heavy (non-hydrogen) atoms. The van der Waals surface area contributed by atoms with Gasteiger partial charge in [0.15, 0.2) is 0 Å². The third-order valence-electron chi connectivity index (χ3n) is 7.63. The summed E-state index contributed by atoms with van der Waals surface area (Å²) in [7, 11) is 3.98. The molecule has 1 heterocycles. The fourth-order valence-corrected chi connectivity index (χ4v) is 5.25. The van der Waals surface area contributed by atoms with Gasteiger partial charge in [0.25, 0.3) is 5.60 Å². The van der Waals surface area contributed by atoms with Crippen LogP contribution in [0, 0.1) is 0 Å². The van der Waals surface area contributed by atoms with Gasteiger partial charge in [-0.2, -0.15) is 26.3 Å². The number of nitrogens with zero attached hydrogens (tertiary/aromatic N) is 3. The van der Waals surface area contributed by atoms with E-state index in [2.05, 4.69) is 36.1 Å².